The van der Waals surface area contributed by atoms with E-state index in [4.69, 9.17) is 17.3 Å². The molecule has 0 aromatic carbocycles. The molecule has 0 saturated carbocycles. The van der Waals surface area contributed by atoms with Crippen molar-refractivity contribution >= 4 is 44.7 Å². The smallest absolute Gasteiger partial charge is 0.171 e. The average molecular weight is 347 g/mol. The summed E-state index contributed by atoms with van der Waals surface area (Å²) in [6.45, 7) is 4.29. The monoisotopic (exact) mass is 345 g/mol. The molecule has 0 radical (unpaired) electrons. The first kappa shape index (κ1) is 13.8. The zero-order chi connectivity index (χ0) is 13.3. The van der Waals surface area contributed by atoms with Gasteiger partial charge >= 0.3 is 0 Å². The fraction of sp³-hybridized carbons (Fsp3) is 0.333. The van der Waals surface area contributed by atoms with E-state index in [0.29, 0.717) is 22.6 Å². The van der Waals surface area contributed by atoms with Crippen molar-refractivity contribution in [3.05, 3.63) is 26.6 Å². The molecule has 2 rings (SSSR count). The molecule has 0 spiro atoms. The summed E-state index contributed by atoms with van der Waals surface area (Å²) in [5, 5.41) is 2.56. The Morgan fingerprint density at radius 1 is 1.44 bits per heavy atom. The molecule has 0 amide bonds. The normalized spacial score (nSPS) is 11.2. The molecule has 2 heterocycles. The van der Waals surface area contributed by atoms with Gasteiger partial charge in [0, 0.05) is 5.38 Å². The maximum Gasteiger partial charge on any atom is 0.171 e. The van der Waals surface area contributed by atoms with E-state index in [0.717, 1.165) is 21.5 Å². The molecule has 0 saturated heterocycles. The third-order valence-corrected chi connectivity index (χ3v) is 4.47. The first-order valence-electron chi connectivity index (χ1n) is 5.53. The lowest BCUT2D eigenvalue weighted by molar-refractivity contribution is 0.633. The number of nitrogens with zero attached hydrogens (tertiary/aromatic N) is 2. The summed E-state index contributed by atoms with van der Waals surface area (Å²) in [4.78, 5) is 9.80. The second kappa shape index (κ2) is 5.55. The van der Waals surface area contributed by atoms with Crippen LogP contribution in [0.3, 0.4) is 0 Å². The number of thiophene rings is 1. The summed E-state index contributed by atoms with van der Waals surface area (Å²) >= 11 is 10.9. The predicted molar refractivity (Wildman–Crippen MR) is 81.0 cm³/mol. The van der Waals surface area contributed by atoms with E-state index in [9.17, 15) is 0 Å². The van der Waals surface area contributed by atoms with Gasteiger partial charge in [-0.15, -0.1) is 11.3 Å². The Morgan fingerprint density at radius 3 is 2.72 bits per heavy atom. The molecule has 0 aliphatic carbocycles. The summed E-state index contributed by atoms with van der Waals surface area (Å²) in [5.74, 6) is 1.62. The number of hydrogen-bond donors (Lipinski definition) is 1. The first-order valence-corrected chi connectivity index (χ1v) is 7.58. The average Bonchev–Trinajstić information content (AvgIpc) is 2.70. The molecule has 2 N–H and O–H groups in total. The Balaban J connectivity index is 2.46. The standard InChI is InChI=1S/C12H13BrClN3S/c1-6(2)3-8-10(13)11(15)17-12(16-8)9-4-7(14)5-18-9/h4-6H,3H2,1-2H3,(H2,15,16,17). The summed E-state index contributed by atoms with van der Waals surface area (Å²) < 4.78 is 0.794. The van der Waals surface area contributed by atoms with Crippen molar-refractivity contribution in [1.82, 2.24) is 9.97 Å². The minimum Gasteiger partial charge on any atom is -0.383 e. The second-order valence-corrected chi connectivity index (χ2v) is 6.56. The Hall–Kier alpha value is -0.650. The molecule has 18 heavy (non-hydrogen) atoms. The minimum absolute atomic E-state index is 0.472. The lowest BCUT2D eigenvalue weighted by Crippen LogP contribution is -2.05. The van der Waals surface area contributed by atoms with Gasteiger partial charge in [0.05, 0.1) is 20.1 Å². The Morgan fingerprint density at radius 2 is 2.17 bits per heavy atom. The highest BCUT2D eigenvalue weighted by atomic mass is 79.9. The van der Waals surface area contributed by atoms with Crippen molar-refractivity contribution in [2.45, 2.75) is 20.3 Å². The van der Waals surface area contributed by atoms with Gasteiger partial charge in [-0.2, -0.15) is 0 Å². The Labute approximate surface area is 124 Å². The molecule has 0 aliphatic rings. The molecule has 2 aromatic rings. The van der Waals surface area contributed by atoms with E-state index in [1.54, 1.807) is 0 Å². The highest BCUT2D eigenvalue weighted by Gasteiger charge is 2.13. The van der Waals surface area contributed by atoms with Crippen LogP contribution in [0, 0.1) is 5.92 Å². The van der Waals surface area contributed by atoms with Crippen LogP contribution in [0.4, 0.5) is 5.82 Å². The Bertz CT molecular complexity index is 568. The van der Waals surface area contributed by atoms with Crippen LogP contribution in [-0.4, -0.2) is 9.97 Å². The largest absolute Gasteiger partial charge is 0.383 e. The number of anilines is 1. The van der Waals surface area contributed by atoms with E-state index in [1.165, 1.54) is 11.3 Å². The van der Waals surface area contributed by atoms with E-state index in [-0.39, 0.29) is 0 Å². The second-order valence-electron chi connectivity index (χ2n) is 4.42. The van der Waals surface area contributed by atoms with Gasteiger partial charge in [0.1, 0.15) is 5.82 Å². The number of nitrogens with two attached hydrogens (primary N) is 1. The van der Waals surface area contributed by atoms with Crippen LogP contribution in [0.2, 0.25) is 5.02 Å². The molecular formula is C12H13BrClN3S. The van der Waals surface area contributed by atoms with Gasteiger partial charge in [0.25, 0.3) is 0 Å². The molecule has 0 atom stereocenters. The van der Waals surface area contributed by atoms with Gasteiger partial charge in [-0.3, -0.25) is 0 Å². The SMILES string of the molecule is CC(C)Cc1nc(-c2cc(Cl)cs2)nc(N)c1Br. The van der Waals surface area contributed by atoms with Crippen molar-refractivity contribution in [3.8, 4) is 10.7 Å². The van der Waals surface area contributed by atoms with Gasteiger partial charge in [0.15, 0.2) is 5.82 Å². The quantitative estimate of drug-likeness (QED) is 0.896. The fourth-order valence-corrected chi connectivity index (χ4v) is 2.92. The van der Waals surface area contributed by atoms with Crippen LogP contribution in [0.1, 0.15) is 19.5 Å². The lowest BCUT2D eigenvalue weighted by atomic mass is 10.1. The van der Waals surface area contributed by atoms with Gasteiger partial charge in [-0.1, -0.05) is 25.4 Å². The van der Waals surface area contributed by atoms with Crippen molar-refractivity contribution in [2.24, 2.45) is 5.92 Å². The molecule has 0 fully saturated rings. The van der Waals surface area contributed by atoms with Crippen LogP contribution in [-0.2, 0) is 6.42 Å². The summed E-state index contributed by atoms with van der Waals surface area (Å²) in [7, 11) is 0. The number of rotatable bonds is 3. The van der Waals surface area contributed by atoms with E-state index < -0.39 is 0 Å². The van der Waals surface area contributed by atoms with Crippen LogP contribution >= 0.6 is 38.9 Å². The summed E-state index contributed by atoms with van der Waals surface area (Å²) in [5.41, 5.74) is 6.86. The van der Waals surface area contributed by atoms with E-state index in [2.05, 4.69) is 39.7 Å². The van der Waals surface area contributed by atoms with Gasteiger partial charge < -0.3 is 5.73 Å². The van der Waals surface area contributed by atoms with Crippen molar-refractivity contribution in [1.29, 1.82) is 0 Å². The zero-order valence-corrected chi connectivity index (χ0v) is 13.2. The fourth-order valence-electron chi connectivity index (χ4n) is 1.58. The molecule has 0 bridgehead atoms. The highest BCUT2D eigenvalue weighted by Crippen LogP contribution is 2.31. The molecule has 96 valence electrons. The maximum atomic E-state index is 5.92. The van der Waals surface area contributed by atoms with Crippen LogP contribution in [0.5, 0.6) is 0 Å². The molecule has 0 unspecified atom stereocenters. The molecular weight excluding hydrogens is 334 g/mol. The topological polar surface area (TPSA) is 51.8 Å². The Kier molecular flexibility index (Phi) is 4.25. The molecule has 6 heteroatoms. The van der Waals surface area contributed by atoms with E-state index >= 15 is 0 Å². The van der Waals surface area contributed by atoms with Gasteiger partial charge in [-0.05, 0) is 34.3 Å². The van der Waals surface area contributed by atoms with Gasteiger partial charge in [-0.25, -0.2) is 9.97 Å². The maximum absolute atomic E-state index is 5.92. The van der Waals surface area contributed by atoms with Crippen LogP contribution in [0.25, 0.3) is 10.7 Å². The van der Waals surface area contributed by atoms with E-state index in [1.807, 2.05) is 11.4 Å². The minimum atomic E-state index is 0.472. The van der Waals surface area contributed by atoms with Crippen molar-refractivity contribution < 1.29 is 0 Å². The predicted octanol–water partition coefficient (Wildman–Crippen LogP) is 4.40. The number of aromatic nitrogens is 2. The zero-order valence-electron chi connectivity index (χ0n) is 10.1. The molecule has 2 aromatic heterocycles. The number of halogens is 2. The number of hydrogen-bond acceptors (Lipinski definition) is 4. The molecule has 3 nitrogen and oxygen atoms in total. The number of nitrogen functional groups attached to an aromatic ring is 1. The lowest BCUT2D eigenvalue weighted by Gasteiger charge is -2.09. The van der Waals surface area contributed by atoms with Crippen LogP contribution < -0.4 is 5.73 Å². The van der Waals surface area contributed by atoms with Gasteiger partial charge in [0.2, 0.25) is 0 Å². The third kappa shape index (κ3) is 3.02. The summed E-state index contributed by atoms with van der Waals surface area (Å²) in [6.07, 6.45) is 0.861. The van der Waals surface area contributed by atoms with Crippen LogP contribution in [0.15, 0.2) is 15.9 Å². The molecule has 0 aliphatic heterocycles. The van der Waals surface area contributed by atoms with Crippen molar-refractivity contribution in [2.75, 3.05) is 5.73 Å². The van der Waals surface area contributed by atoms with Crippen molar-refractivity contribution in [3.63, 3.8) is 0 Å². The third-order valence-electron chi connectivity index (χ3n) is 2.33. The highest BCUT2D eigenvalue weighted by molar-refractivity contribution is 9.10. The first-order chi connectivity index (χ1) is 8.47. The summed E-state index contributed by atoms with van der Waals surface area (Å²) in [6, 6.07) is 1.86.